The zero-order chi connectivity index (χ0) is 8.10. The summed E-state index contributed by atoms with van der Waals surface area (Å²) in [5.74, 6) is 0.901. The van der Waals surface area contributed by atoms with Crippen LogP contribution in [0.1, 0.15) is 19.3 Å². The summed E-state index contributed by atoms with van der Waals surface area (Å²) in [5.41, 5.74) is 5.76. The van der Waals surface area contributed by atoms with E-state index in [0.29, 0.717) is 0 Å². The number of aliphatic hydroxyl groups excluding tert-OH is 1. The van der Waals surface area contributed by atoms with Crippen molar-refractivity contribution in [3.8, 4) is 0 Å². The van der Waals surface area contributed by atoms with Gasteiger partial charge in [0, 0.05) is 13.0 Å². The van der Waals surface area contributed by atoms with Gasteiger partial charge in [-0.2, -0.15) is 0 Å². The average molecular weight is 157 g/mol. The molecule has 0 saturated carbocycles. The van der Waals surface area contributed by atoms with Crippen LogP contribution in [0.5, 0.6) is 0 Å². The van der Waals surface area contributed by atoms with Gasteiger partial charge in [-0.1, -0.05) is 0 Å². The third-order valence-electron chi connectivity index (χ3n) is 1.77. The Morgan fingerprint density at radius 1 is 1.73 bits per heavy atom. The van der Waals surface area contributed by atoms with E-state index in [9.17, 15) is 0 Å². The first-order valence-electron chi connectivity index (χ1n) is 4.04. The first kappa shape index (κ1) is 8.56. The molecule has 1 rings (SSSR count). The summed E-state index contributed by atoms with van der Waals surface area (Å²) in [6, 6.07) is -0.00958. The smallest absolute Gasteiger partial charge is 0.109 e. The number of nitrogens with two attached hydrogens (primary N) is 1. The maximum atomic E-state index is 8.54. The van der Waals surface area contributed by atoms with Gasteiger partial charge in [-0.25, -0.2) is 0 Å². The van der Waals surface area contributed by atoms with Crippen LogP contribution in [-0.4, -0.2) is 24.4 Å². The van der Waals surface area contributed by atoms with Crippen molar-refractivity contribution in [2.75, 3.05) is 13.2 Å². The highest BCUT2D eigenvalue weighted by molar-refractivity contribution is 5.05. The molecule has 0 aromatic carbocycles. The van der Waals surface area contributed by atoms with Crippen LogP contribution in [0, 0.1) is 0 Å². The van der Waals surface area contributed by atoms with E-state index >= 15 is 0 Å². The molecule has 3 nitrogen and oxygen atoms in total. The van der Waals surface area contributed by atoms with Gasteiger partial charge in [0.15, 0.2) is 0 Å². The first-order valence-corrected chi connectivity index (χ1v) is 4.04. The molecule has 0 aliphatic carbocycles. The topological polar surface area (TPSA) is 55.5 Å². The number of aliphatic hydroxyl groups is 1. The van der Waals surface area contributed by atoms with Crippen molar-refractivity contribution in [2.45, 2.75) is 25.3 Å². The van der Waals surface area contributed by atoms with Gasteiger partial charge in [-0.3, -0.25) is 0 Å². The highest BCUT2D eigenvalue weighted by Gasteiger charge is 2.13. The minimum atomic E-state index is -0.00958. The third kappa shape index (κ3) is 2.52. The predicted molar refractivity (Wildman–Crippen MR) is 42.9 cm³/mol. The van der Waals surface area contributed by atoms with Gasteiger partial charge in [0.25, 0.3) is 0 Å². The molecule has 64 valence electrons. The van der Waals surface area contributed by atoms with E-state index in [1.54, 1.807) is 0 Å². The molecule has 11 heavy (non-hydrogen) atoms. The normalized spacial score (nSPS) is 19.3. The van der Waals surface area contributed by atoms with Crippen LogP contribution in [-0.2, 0) is 4.74 Å². The summed E-state index contributed by atoms with van der Waals surface area (Å²) >= 11 is 0. The summed E-state index contributed by atoms with van der Waals surface area (Å²) in [6.07, 6.45) is 4.56. The van der Waals surface area contributed by atoms with E-state index < -0.39 is 0 Å². The highest BCUT2D eigenvalue weighted by Crippen LogP contribution is 2.14. The molecule has 1 atom stereocenters. The number of ether oxygens (including phenoxy) is 1. The number of rotatable bonds is 4. The van der Waals surface area contributed by atoms with Crippen molar-refractivity contribution >= 4 is 0 Å². The summed E-state index contributed by atoms with van der Waals surface area (Å²) in [4.78, 5) is 0. The lowest BCUT2D eigenvalue weighted by atomic mass is 10.1. The van der Waals surface area contributed by atoms with E-state index in [1.165, 1.54) is 0 Å². The molecule has 1 aliphatic heterocycles. The molecule has 3 heteroatoms. The van der Waals surface area contributed by atoms with Crippen LogP contribution in [0.4, 0.5) is 0 Å². The zero-order valence-electron chi connectivity index (χ0n) is 6.62. The fraction of sp³-hybridized carbons (Fsp3) is 0.750. The van der Waals surface area contributed by atoms with Crippen LogP contribution in [0.3, 0.4) is 0 Å². The van der Waals surface area contributed by atoms with Gasteiger partial charge in [0.05, 0.1) is 12.6 Å². The second kappa shape index (κ2) is 4.36. The minimum absolute atomic E-state index is 0.00958. The van der Waals surface area contributed by atoms with Gasteiger partial charge >= 0.3 is 0 Å². The monoisotopic (exact) mass is 157 g/mol. The molecule has 1 aliphatic rings. The fourth-order valence-corrected chi connectivity index (χ4v) is 1.15. The fourth-order valence-electron chi connectivity index (χ4n) is 1.15. The predicted octanol–water partition coefficient (Wildman–Crippen LogP) is 0.390. The molecule has 0 aromatic rings. The van der Waals surface area contributed by atoms with Crippen molar-refractivity contribution in [1.29, 1.82) is 0 Å². The van der Waals surface area contributed by atoms with Gasteiger partial charge in [0.1, 0.15) is 5.76 Å². The second-order valence-corrected chi connectivity index (χ2v) is 2.72. The van der Waals surface area contributed by atoms with Crippen LogP contribution in [0.25, 0.3) is 0 Å². The first-order chi connectivity index (χ1) is 5.34. The Bertz CT molecular complexity index is 145. The van der Waals surface area contributed by atoms with Crippen molar-refractivity contribution < 1.29 is 9.84 Å². The van der Waals surface area contributed by atoms with Gasteiger partial charge in [-0.15, -0.1) is 0 Å². The number of hydrogen-bond acceptors (Lipinski definition) is 3. The Hall–Kier alpha value is -0.540. The molecular formula is C8H15NO2. The van der Waals surface area contributed by atoms with Gasteiger partial charge < -0.3 is 15.6 Å². The van der Waals surface area contributed by atoms with Crippen molar-refractivity contribution in [3.63, 3.8) is 0 Å². The Morgan fingerprint density at radius 3 is 3.09 bits per heavy atom. The molecule has 0 spiro atoms. The van der Waals surface area contributed by atoms with Crippen LogP contribution in [0.2, 0.25) is 0 Å². The molecule has 0 amide bonds. The standard InChI is InChI=1S/C8H15NO2/c9-7(3-1-5-10)8-4-2-6-11-8/h4,7,10H,1-3,5-6,9H2. The summed E-state index contributed by atoms with van der Waals surface area (Å²) < 4.78 is 5.27. The molecule has 0 radical (unpaired) electrons. The number of hydrogen-bond donors (Lipinski definition) is 2. The summed E-state index contributed by atoms with van der Waals surface area (Å²) in [6.45, 7) is 0.975. The second-order valence-electron chi connectivity index (χ2n) is 2.72. The Kier molecular flexibility index (Phi) is 3.39. The van der Waals surface area contributed by atoms with Crippen molar-refractivity contribution in [3.05, 3.63) is 11.8 Å². The lowest BCUT2D eigenvalue weighted by Crippen LogP contribution is -2.23. The molecule has 0 saturated heterocycles. The van der Waals surface area contributed by atoms with Crippen LogP contribution in [0.15, 0.2) is 11.8 Å². The Balaban J connectivity index is 2.23. The Labute approximate surface area is 66.8 Å². The Morgan fingerprint density at radius 2 is 2.55 bits per heavy atom. The van der Waals surface area contributed by atoms with Crippen LogP contribution >= 0.6 is 0 Å². The lowest BCUT2D eigenvalue weighted by Gasteiger charge is -2.11. The highest BCUT2D eigenvalue weighted by atomic mass is 16.5. The largest absolute Gasteiger partial charge is 0.496 e. The molecule has 1 unspecified atom stereocenters. The maximum Gasteiger partial charge on any atom is 0.109 e. The van der Waals surface area contributed by atoms with E-state index in [-0.39, 0.29) is 12.6 Å². The van der Waals surface area contributed by atoms with Crippen LogP contribution < -0.4 is 5.73 Å². The summed E-state index contributed by atoms with van der Waals surface area (Å²) in [7, 11) is 0. The molecular weight excluding hydrogens is 142 g/mol. The quantitative estimate of drug-likeness (QED) is 0.620. The molecule has 0 bridgehead atoms. The SMILES string of the molecule is NC(CCCO)C1=CCCO1. The molecule has 3 N–H and O–H groups in total. The van der Waals surface area contributed by atoms with E-state index in [2.05, 4.69) is 0 Å². The van der Waals surface area contributed by atoms with E-state index in [0.717, 1.165) is 31.6 Å². The van der Waals surface area contributed by atoms with Crippen molar-refractivity contribution in [2.24, 2.45) is 5.73 Å². The molecule has 0 fully saturated rings. The molecule has 0 aromatic heterocycles. The average Bonchev–Trinajstić information content (AvgIpc) is 2.52. The summed E-state index contributed by atoms with van der Waals surface area (Å²) in [5, 5.41) is 8.54. The minimum Gasteiger partial charge on any atom is -0.496 e. The lowest BCUT2D eigenvalue weighted by molar-refractivity contribution is 0.215. The van der Waals surface area contributed by atoms with E-state index in [4.69, 9.17) is 15.6 Å². The zero-order valence-corrected chi connectivity index (χ0v) is 6.62. The van der Waals surface area contributed by atoms with Crippen molar-refractivity contribution in [1.82, 2.24) is 0 Å². The maximum absolute atomic E-state index is 8.54. The molecule has 1 heterocycles. The van der Waals surface area contributed by atoms with Gasteiger partial charge in [-0.05, 0) is 18.9 Å². The third-order valence-corrected chi connectivity index (χ3v) is 1.77. The van der Waals surface area contributed by atoms with Gasteiger partial charge in [0.2, 0.25) is 0 Å². The van der Waals surface area contributed by atoms with E-state index in [1.807, 2.05) is 6.08 Å².